The molecule has 0 bridgehead atoms. The molecule has 24 heavy (non-hydrogen) atoms. The number of urea groups is 1. The molecule has 3 rings (SSSR count). The average molecular weight is 329 g/mol. The summed E-state index contributed by atoms with van der Waals surface area (Å²) in [4.78, 5) is 27.5. The van der Waals surface area contributed by atoms with Gasteiger partial charge in [-0.15, -0.1) is 0 Å². The number of anilines is 1. The number of carbonyl (C=O) groups is 2. The minimum absolute atomic E-state index is 0.132. The molecule has 2 amide bonds. The molecule has 1 aromatic heterocycles. The van der Waals surface area contributed by atoms with E-state index in [0.29, 0.717) is 30.2 Å². The Balaban J connectivity index is 1.61. The molecule has 0 radical (unpaired) electrons. The number of carboxylic acids is 1. The highest BCUT2D eigenvalue weighted by molar-refractivity contribution is 5.90. The van der Waals surface area contributed by atoms with E-state index in [0.717, 1.165) is 12.0 Å². The summed E-state index contributed by atoms with van der Waals surface area (Å²) < 4.78 is 5.47. The number of nitrogens with zero attached hydrogens (tertiary/aromatic N) is 1. The fraction of sp³-hybridized carbons (Fsp3) is 0.353. The number of aromatic nitrogens is 1. The highest BCUT2D eigenvalue weighted by Crippen LogP contribution is 2.40. The van der Waals surface area contributed by atoms with Gasteiger partial charge in [-0.2, -0.15) is 0 Å². The molecule has 126 valence electrons. The van der Waals surface area contributed by atoms with Crippen molar-refractivity contribution in [1.29, 1.82) is 0 Å². The Morgan fingerprint density at radius 3 is 2.75 bits per heavy atom. The topological polar surface area (TPSA) is 104 Å². The standard InChI is InChI=1S/C17H19N3O4/c1-11-9-18-14(24-11)12-4-2-5-13(8-12)20-16(23)19-10-17(15(21)22)6-3-7-17/h2,4-5,8-9H,3,6-7,10H2,1H3,(H,21,22)(H2,19,20,23). The maximum absolute atomic E-state index is 12.0. The van der Waals surface area contributed by atoms with Crippen molar-refractivity contribution in [1.82, 2.24) is 10.3 Å². The summed E-state index contributed by atoms with van der Waals surface area (Å²) in [6.45, 7) is 1.94. The summed E-state index contributed by atoms with van der Waals surface area (Å²) in [5, 5.41) is 14.6. The third-order valence-electron chi connectivity index (χ3n) is 4.34. The number of carbonyl (C=O) groups excluding carboxylic acids is 1. The van der Waals surface area contributed by atoms with Gasteiger partial charge in [-0.1, -0.05) is 12.5 Å². The van der Waals surface area contributed by atoms with Crippen molar-refractivity contribution >= 4 is 17.7 Å². The lowest BCUT2D eigenvalue weighted by atomic mass is 9.69. The van der Waals surface area contributed by atoms with Gasteiger partial charge in [0, 0.05) is 17.8 Å². The van der Waals surface area contributed by atoms with Crippen molar-refractivity contribution in [2.45, 2.75) is 26.2 Å². The highest BCUT2D eigenvalue weighted by atomic mass is 16.4. The van der Waals surface area contributed by atoms with E-state index < -0.39 is 17.4 Å². The summed E-state index contributed by atoms with van der Waals surface area (Å²) in [6, 6.07) is 6.69. The van der Waals surface area contributed by atoms with Crippen LogP contribution in [0.3, 0.4) is 0 Å². The zero-order valence-corrected chi connectivity index (χ0v) is 13.3. The van der Waals surface area contributed by atoms with Crippen molar-refractivity contribution < 1.29 is 19.1 Å². The number of aryl methyl sites for hydroxylation is 1. The first kappa shape index (κ1) is 16.0. The van der Waals surface area contributed by atoms with Gasteiger partial charge in [0.05, 0.1) is 11.6 Å². The molecule has 1 aromatic carbocycles. The number of carboxylic acid groups (broad SMARTS) is 1. The van der Waals surface area contributed by atoms with Crippen LogP contribution in [0, 0.1) is 12.3 Å². The lowest BCUT2D eigenvalue weighted by Gasteiger charge is -2.37. The van der Waals surface area contributed by atoms with E-state index >= 15 is 0 Å². The molecule has 1 aliphatic rings. The second-order valence-electron chi connectivity index (χ2n) is 6.10. The molecule has 0 spiro atoms. The van der Waals surface area contributed by atoms with Crippen LogP contribution >= 0.6 is 0 Å². The van der Waals surface area contributed by atoms with Crippen molar-refractivity contribution in [3.63, 3.8) is 0 Å². The second-order valence-corrected chi connectivity index (χ2v) is 6.10. The number of amides is 2. The number of nitrogens with one attached hydrogen (secondary N) is 2. The number of hydrogen-bond donors (Lipinski definition) is 3. The number of aliphatic carboxylic acids is 1. The van der Waals surface area contributed by atoms with Gasteiger partial charge >= 0.3 is 12.0 Å². The van der Waals surface area contributed by atoms with Crippen LogP contribution in [0.25, 0.3) is 11.5 Å². The third kappa shape index (κ3) is 3.24. The van der Waals surface area contributed by atoms with Gasteiger partial charge in [0.25, 0.3) is 0 Å². The Kier molecular flexibility index (Phi) is 4.24. The van der Waals surface area contributed by atoms with Gasteiger partial charge in [-0.05, 0) is 38.0 Å². The van der Waals surface area contributed by atoms with Gasteiger partial charge in [0.2, 0.25) is 5.89 Å². The molecule has 0 saturated heterocycles. The fourth-order valence-corrected chi connectivity index (χ4v) is 2.71. The Labute approximate surface area is 139 Å². The first-order chi connectivity index (χ1) is 11.5. The van der Waals surface area contributed by atoms with Gasteiger partial charge in [0.1, 0.15) is 5.76 Å². The van der Waals surface area contributed by atoms with Gasteiger partial charge in [0.15, 0.2) is 0 Å². The summed E-state index contributed by atoms with van der Waals surface area (Å²) in [5.74, 6) is 0.340. The predicted octanol–water partition coefficient (Wildman–Crippen LogP) is 3.03. The molecular weight excluding hydrogens is 310 g/mol. The van der Waals surface area contributed by atoms with E-state index in [9.17, 15) is 14.7 Å². The van der Waals surface area contributed by atoms with E-state index in [1.165, 1.54) is 0 Å². The van der Waals surface area contributed by atoms with Crippen molar-refractivity contribution in [3.8, 4) is 11.5 Å². The summed E-state index contributed by atoms with van der Waals surface area (Å²) in [5.41, 5.74) is 0.523. The van der Waals surface area contributed by atoms with Gasteiger partial charge < -0.3 is 20.2 Å². The highest BCUT2D eigenvalue weighted by Gasteiger charge is 2.44. The normalized spacial score (nSPS) is 15.4. The first-order valence-corrected chi connectivity index (χ1v) is 7.80. The molecule has 0 aliphatic heterocycles. The monoisotopic (exact) mass is 329 g/mol. The van der Waals surface area contributed by atoms with Crippen LogP contribution in [0.2, 0.25) is 0 Å². The van der Waals surface area contributed by atoms with E-state index in [2.05, 4.69) is 15.6 Å². The number of hydrogen-bond acceptors (Lipinski definition) is 4. The minimum Gasteiger partial charge on any atom is -0.481 e. The maximum Gasteiger partial charge on any atom is 0.319 e. The van der Waals surface area contributed by atoms with Crippen molar-refractivity contribution in [2.24, 2.45) is 5.41 Å². The molecule has 2 aromatic rings. The van der Waals surface area contributed by atoms with Crippen LogP contribution < -0.4 is 10.6 Å². The number of rotatable bonds is 5. The fourth-order valence-electron chi connectivity index (χ4n) is 2.71. The molecule has 0 unspecified atom stereocenters. The predicted molar refractivity (Wildman–Crippen MR) is 87.6 cm³/mol. The Morgan fingerprint density at radius 1 is 1.38 bits per heavy atom. The SMILES string of the molecule is Cc1cnc(-c2cccc(NC(=O)NCC3(C(=O)O)CCC3)c2)o1. The Hall–Kier alpha value is -2.83. The van der Waals surface area contributed by atoms with Crippen molar-refractivity contribution in [2.75, 3.05) is 11.9 Å². The third-order valence-corrected chi connectivity index (χ3v) is 4.34. The van der Waals surface area contributed by atoms with E-state index in [4.69, 9.17) is 4.42 Å². The zero-order chi connectivity index (χ0) is 17.2. The van der Waals surface area contributed by atoms with Crippen LogP contribution in [0.4, 0.5) is 10.5 Å². The first-order valence-electron chi connectivity index (χ1n) is 7.80. The molecule has 3 N–H and O–H groups in total. The van der Waals surface area contributed by atoms with Crippen LogP contribution in [0.1, 0.15) is 25.0 Å². The Morgan fingerprint density at radius 2 is 2.17 bits per heavy atom. The van der Waals surface area contributed by atoms with Gasteiger partial charge in [-0.3, -0.25) is 4.79 Å². The van der Waals surface area contributed by atoms with E-state index in [1.54, 1.807) is 24.4 Å². The molecule has 1 fully saturated rings. The molecule has 7 heteroatoms. The summed E-state index contributed by atoms with van der Waals surface area (Å²) >= 11 is 0. The van der Waals surface area contributed by atoms with E-state index in [1.807, 2.05) is 13.0 Å². The maximum atomic E-state index is 12.0. The van der Waals surface area contributed by atoms with Crippen LogP contribution in [0.15, 0.2) is 34.9 Å². The lowest BCUT2D eigenvalue weighted by molar-refractivity contribution is -0.153. The molecule has 1 heterocycles. The molecule has 0 atom stereocenters. The number of oxazole rings is 1. The van der Waals surface area contributed by atoms with Crippen molar-refractivity contribution in [3.05, 3.63) is 36.2 Å². The second kappa shape index (κ2) is 6.35. The smallest absolute Gasteiger partial charge is 0.319 e. The molecule has 7 nitrogen and oxygen atoms in total. The quantitative estimate of drug-likeness (QED) is 0.782. The zero-order valence-electron chi connectivity index (χ0n) is 13.3. The largest absolute Gasteiger partial charge is 0.481 e. The van der Waals surface area contributed by atoms with E-state index in [-0.39, 0.29) is 6.54 Å². The summed E-state index contributed by atoms with van der Waals surface area (Å²) in [7, 11) is 0. The van der Waals surface area contributed by atoms with Gasteiger partial charge in [-0.25, -0.2) is 9.78 Å². The van der Waals surface area contributed by atoms with Crippen LogP contribution in [-0.2, 0) is 4.79 Å². The molecular formula is C17H19N3O4. The minimum atomic E-state index is -0.852. The summed E-state index contributed by atoms with van der Waals surface area (Å²) in [6.07, 6.45) is 3.71. The molecule has 1 saturated carbocycles. The number of benzene rings is 1. The molecule has 1 aliphatic carbocycles. The average Bonchev–Trinajstić information content (AvgIpc) is 2.92. The van der Waals surface area contributed by atoms with Crippen LogP contribution in [-0.4, -0.2) is 28.6 Å². The van der Waals surface area contributed by atoms with Crippen LogP contribution in [0.5, 0.6) is 0 Å². The Bertz CT molecular complexity index is 765. The lowest BCUT2D eigenvalue weighted by Crippen LogP contribution is -2.48.